The van der Waals surface area contributed by atoms with Gasteiger partial charge in [-0.2, -0.15) is 0 Å². The molecule has 0 saturated carbocycles. The molecule has 0 atom stereocenters. The molecule has 26 heavy (non-hydrogen) atoms. The van der Waals surface area contributed by atoms with E-state index < -0.39 is 0 Å². The van der Waals surface area contributed by atoms with Crippen LogP contribution in [-0.4, -0.2) is 9.55 Å². The molecular weight excluding hydrogens is 360 g/mol. The average molecular weight is 383 g/mol. The maximum atomic E-state index is 13.2. The molecule has 2 aromatic heterocycles. The average Bonchev–Trinajstić information content (AvgIpc) is 3.02. The van der Waals surface area contributed by atoms with Crippen LogP contribution in [0.25, 0.3) is 10.2 Å². The summed E-state index contributed by atoms with van der Waals surface area (Å²) in [5, 5.41) is 1.65. The van der Waals surface area contributed by atoms with Gasteiger partial charge in [0.05, 0.1) is 5.39 Å². The van der Waals surface area contributed by atoms with Crippen LogP contribution >= 0.6 is 23.1 Å². The number of fused-ring (bicyclic) bond motifs is 3. The molecule has 134 valence electrons. The Kier molecular flexibility index (Phi) is 5.00. The third kappa shape index (κ3) is 3.14. The Balaban J connectivity index is 1.78. The number of aromatic nitrogens is 2. The van der Waals surface area contributed by atoms with Crippen molar-refractivity contribution in [3.8, 4) is 0 Å². The summed E-state index contributed by atoms with van der Waals surface area (Å²) in [7, 11) is 0. The molecule has 0 bridgehead atoms. The van der Waals surface area contributed by atoms with Gasteiger partial charge in [0.2, 0.25) is 0 Å². The lowest BCUT2D eigenvalue weighted by atomic mass is 9.97. The largest absolute Gasteiger partial charge is 0.283 e. The van der Waals surface area contributed by atoms with Gasteiger partial charge in [0, 0.05) is 17.2 Å². The van der Waals surface area contributed by atoms with E-state index in [2.05, 4.69) is 37.8 Å². The van der Waals surface area contributed by atoms with Crippen LogP contribution in [0.1, 0.15) is 34.4 Å². The molecular formula is C21H22N2OS2. The fraction of sp³-hybridized carbons (Fsp3) is 0.333. The fourth-order valence-corrected chi connectivity index (χ4v) is 5.92. The predicted molar refractivity (Wildman–Crippen MR) is 111 cm³/mol. The highest BCUT2D eigenvalue weighted by molar-refractivity contribution is 7.98. The monoisotopic (exact) mass is 382 g/mol. The maximum absolute atomic E-state index is 13.2. The molecule has 0 radical (unpaired) electrons. The van der Waals surface area contributed by atoms with Gasteiger partial charge in [-0.1, -0.05) is 42.1 Å². The van der Waals surface area contributed by atoms with Gasteiger partial charge in [0.15, 0.2) is 5.16 Å². The molecule has 0 unspecified atom stereocenters. The number of hydrogen-bond donors (Lipinski definition) is 0. The topological polar surface area (TPSA) is 34.9 Å². The molecule has 0 aliphatic heterocycles. The Hall–Kier alpha value is -1.85. The number of benzene rings is 1. The Labute approximate surface area is 161 Å². The molecule has 0 fully saturated rings. The molecule has 1 aliphatic rings. The van der Waals surface area contributed by atoms with E-state index in [4.69, 9.17) is 4.98 Å². The van der Waals surface area contributed by atoms with E-state index in [9.17, 15) is 4.79 Å². The van der Waals surface area contributed by atoms with Gasteiger partial charge in [-0.3, -0.25) is 9.36 Å². The maximum Gasteiger partial charge on any atom is 0.263 e. The van der Waals surface area contributed by atoms with Gasteiger partial charge in [0.1, 0.15) is 4.83 Å². The molecule has 1 aliphatic carbocycles. The van der Waals surface area contributed by atoms with Crippen LogP contribution in [0, 0.1) is 6.92 Å². The number of rotatable bonds is 5. The smallest absolute Gasteiger partial charge is 0.263 e. The highest BCUT2D eigenvalue weighted by Gasteiger charge is 2.22. The number of thioether (sulfide) groups is 1. The van der Waals surface area contributed by atoms with E-state index in [1.165, 1.54) is 34.4 Å². The standard InChI is InChI=1S/C21H22N2OS2/c1-3-12-23-20(24)18-16-10-6-7-11-17(16)26-19(18)22-21(23)25-13-15-9-5-4-8-14(15)2/h3-5,8-9H,1,6-7,10-13H2,2H3. The lowest BCUT2D eigenvalue weighted by Gasteiger charge is -2.12. The lowest BCUT2D eigenvalue weighted by Crippen LogP contribution is -2.23. The van der Waals surface area contributed by atoms with Crippen molar-refractivity contribution < 1.29 is 0 Å². The zero-order chi connectivity index (χ0) is 18.1. The molecule has 0 amide bonds. The van der Waals surface area contributed by atoms with Crippen molar-refractivity contribution in [1.29, 1.82) is 0 Å². The minimum atomic E-state index is 0.0987. The molecule has 4 rings (SSSR count). The molecule has 0 saturated heterocycles. The molecule has 3 nitrogen and oxygen atoms in total. The highest BCUT2D eigenvalue weighted by Crippen LogP contribution is 2.35. The van der Waals surface area contributed by atoms with Gasteiger partial charge in [-0.15, -0.1) is 17.9 Å². The molecule has 3 aromatic rings. The summed E-state index contributed by atoms with van der Waals surface area (Å²) < 4.78 is 1.79. The summed E-state index contributed by atoms with van der Waals surface area (Å²) in [6.07, 6.45) is 6.27. The summed E-state index contributed by atoms with van der Waals surface area (Å²) in [4.78, 5) is 20.4. The van der Waals surface area contributed by atoms with Crippen LogP contribution < -0.4 is 5.56 Å². The van der Waals surface area contributed by atoms with Crippen LogP contribution in [0.2, 0.25) is 0 Å². The van der Waals surface area contributed by atoms with Crippen molar-refractivity contribution in [1.82, 2.24) is 9.55 Å². The quantitative estimate of drug-likeness (QED) is 0.349. The molecule has 0 spiro atoms. The zero-order valence-electron chi connectivity index (χ0n) is 15.0. The summed E-state index contributed by atoms with van der Waals surface area (Å²) in [6.45, 7) is 6.46. The van der Waals surface area contributed by atoms with E-state index in [1.54, 1.807) is 33.7 Å². The van der Waals surface area contributed by atoms with E-state index in [1.807, 2.05) is 0 Å². The van der Waals surface area contributed by atoms with Gasteiger partial charge >= 0.3 is 0 Å². The molecule has 0 N–H and O–H groups in total. The molecule has 5 heteroatoms. The summed E-state index contributed by atoms with van der Waals surface area (Å²) >= 11 is 3.36. The summed E-state index contributed by atoms with van der Waals surface area (Å²) in [5.41, 5.74) is 3.90. The van der Waals surface area contributed by atoms with Crippen LogP contribution in [0.3, 0.4) is 0 Å². The zero-order valence-corrected chi connectivity index (χ0v) is 16.6. The van der Waals surface area contributed by atoms with Crippen molar-refractivity contribution in [2.24, 2.45) is 0 Å². The van der Waals surface area contributed by atoms with Gasteiger partial charge in [-0.05, 0) is 49.3 Å². The van der Waals surface area contributed by atoms with E-state index >= 15 is 0 Å². The first-order valence-corrected chi connectivity index (χ1v) is 10.8. The van der Waals surface area contributed by atoms with Crippen LogP contribution in [0.4, 0.5) is 0 Å². The van der Waals surface area contributed by atoms with Crippen molar-refractivity contribution in [2.45, 2.75) is 50.1 Å². The van der Waals surface area contributed by atoms with Crippen molar-refractivity contribution in [3.63, 3.8) is 0 Å². The van der Waals surface area contributed by atoms with Crippen molar-refractivity contribution >= 4 is 33.3 Å². The Morgan fingerprint density at radius 2 is 2.12 bits per heavy atom. The van der Waals surface area contributed by atoms with Gasteiger partial charge < -0.3 is 0 Å². The minimum absolute atomic E-state index is 0.0987. The number of thiophene rings is 1. The normalized spacial score (nSPS) is 13.7. The first kappa shape index (κ1) is 17.6. The van der Waals surface area contributed by atoms with E-state index in [-0.39, 0.29) is 5.56 Å². The van der Waals surface area contributed by atoms with Gasteiger partial charge in [0.25, 0.3) is 5.56 Å². The van der Waals surface area contributed by atoms with Crippen molar-refractivity contribution in [3.05, 3.63) is 68.8 Å². The van der Waals surface area contributed by atoms with E-state index in [0.29, 0.717) is 6.54 Å². The third-order valence-corrected chi connectivity index (χ3v) is 7.18. The predicted octanol–water partition coefficient (Wildman–Crippen LogP) is 5.12. The highest BCUT2D eigenvalue weighted by atomic mass is 32.2. The lowest BCUT2D eigenvalue weighted by molar-refractivity contribution is 0.668. The number of hydrogen-bond acceptors (Lipinski definition) is 4. The Morgan fingerprint density at radius 1 is 1.31 bits per heavy atom. The van der Waals surface area contributed by atoms with E-state index in [0.717, 1.165) is 34.0 Å². The first-order valence-electron chi connectivity index (χ1n) is 9.02. The summed E-state index contributed by atoms with van der Waals surface area (Å²) in [6, 6.07) is 8.37. The molecule has 1 aromatic carbocycles. The SMILES string of the molecule is C=CCn1c(SCc2ccccc2C)nc2sc3c(c2c1=O)CCCC3. The van der Waals surface area contributed by atoms with Crippen LogP contribution in [0.5, 0.6) is 0 Å². The first-order chi connectivity index (χ1) is 12.7. The Bertz CT molecular complexity index is 1030. The second-order valence-electron chi connectivity index (χ2n) is 6.71. The number of nitrogens with zero attached hydrogens (tertiary/aromatic N) is 2. The van der Waals surface area contributed by atoms with Crippen molar-refractivity contribution in [2.75, 3.05) is 0 Å². The van der Waals surface area contributed by atoms with Gasteiger partial charge in [-0.25, -0.2) is 4.98 Å². The third-order valence-electron chi connectivity index (χ3n) is 4.97. The summed E-state index contributed by atoms with van der Waals surface area (Å²) in [5.74, 6) is 0.812. The van der Waals surface area contributed by atoms with Crippen LogP contribution in [0.15, 0.2) is 46.9 Å². The fourth-order valence-electron chi connectivity index (χ4n) is 3.53. The second-order valence-corrected chi connectivity index (χ2v) is 8.73. The second kappa shape index (κ2) is 7.41. The number of aryl methyl sites for hydroxylation is 3. The van der Waals surface area contributed by atoms with Crippen LogP contribution in [-0.2, 0) is 25.1 Å². The number of allylic oxidation sites excluding steroid dienone is 1. The minimum Gasteiger partial charge on any atom is -0.283 e. The molecule has 2 heterocycles. The Morgan fingerprint density at radius 3 is 2.92 bits per heavy atom.